The van der Waals surface area contributed by atoms with Crippen LogP contribution in [0.15, 0.2) is 40.9 Å². The zero-order valence-corrected chi connectivity index (χ0v) is 15.2. The Morgan fingerprint density at radius 2 is 1.90 bits per heavy atom. The van der Waals surface area contributed by atoms with Gasteiger partial charge >= 0.3 is 0 Å². The minimum Gasteiger partial charge on any atom is -0.310 e. The first-order valence-corrected chi connectivity index (χ1v) is 8.49. The van der Waals surface area contributed by atoms with E-state index < -0.39 is 0 Å². The van der Waals surface area contributed by atoms with E-state index in [9.17, 15) is 0 Å². The quantitative estimate of drug-likeness (QED) is 0.668. The molecule has 2 aromatic carbocycles. The number of likely N-dealkylation sites (N-methyl/N-ethyl adjacent to an activating group) is 1. The van der Waals surface area contributed by atoms with E-state index in [-0.39, 0.29) is 6.04 Å². The third-order valence-corrected chi connectivity index (χ3v) is 4.58. The normalized spacial score (nSPS) is 12.4. The minimum atomic E-state index is 0.238. The third-order valence-electron chi connectivity index (χ3n) is 3.50. The lowest BCUT2D eigenvalue weighted by atomic mass is 9.95. The summed E-state index contributed by atoms with van der Waals surface area (Å²) in [4.78, 5) is 0. The van der Waals surface area contributed by atoms with E-state index in [1.165, 1.54) is 11.1 Å². The van der Waals surface area contributed by atoms with Gasteiger partial charge in [0.25, 0.3) is 0 Å². The molecule has 0 radical (unpaired) electrons. The molecule has 0 aliphatic carbocycles. The maximum absolute atomic E-state index is 6.31. The molecular weight excluding hydrogens is 369 g/mol. The van der Waals surface area contributed by atoms with E-state index in [0.717, 1.165) is 28.0 Å². The molecule has 0 saturated carbocycles. The van der Waals surface area contributed by atoms with Gasteiger partial charge in [0.15, 0.2) is 0 Å². The number of nitrogens with one attached hydrogen (secondary N) is 1. The van der Waals surface area contributed by atoms with Crippen LogP contribution in [0.25, 0.3) is 0 Å². The predicted molar refractivity (Wildman–Crippen MR) is 95.5 cm³/mol. The number of hydrogen-bond donors (Lipinski definition) is 1. The van der Waals surface area contributed by atoms with Crippen LogP contribution in [0.3, 0.4) is 0 Å². The molecule has 2 rings (SSSR count). The summed E-state index contributed by atoms with van der Waals surface area (Å²) in [5, 5.41) is 4.93. The fourth-order valence-corrected chi connectivity index (χ4v) is 3.44. The smallest absolute Gasteiger partial charge is 0.0453 e. The average Bonchev–Trinajstić information content (AvgIpc) is 2.41. The maximum atomic E-state index is 6.31. The van der Waals surface area contributed by atoms with Crippen molar-refractivity contribution < 1.29 is 0 Å². The van der Waals surface area contributed by atoms with Gasteiger partial charge in [-0.15, -0.1) is 0 Å². The number of aryl methyl sites for hydroxylation is 1. The molecule has 0 aliphatic heterocycles. The summed E-state index contributed by atoms with van der Waals surface area (Å²) in [6, 6.07) is 12.3. The summed E-state index contributed by atoms with van der Waals surface area (Å²) in [6.07, 6.45) is 0.840. The van der Waals surface area contributed by atoms with Crippen LogP contribution in [0.2, 0.25) is 10.0 Å². The zero-order valence-electron chi connectivity index (χ0n) is 12.1. The van der Waals surface area contributed by atoms with Gasteiger partial charge in [-0.25, -0.2) is 0 Å². The monoisotopic (exact) mass is 385 g/mol. The van der Waals surface area contributed by atoms with E-state index in [1.54, 1.807) is 6.07 Å². The highest BCUT2D eigenvalue weighted by atomic mass is 79.9. The maximum Gasteiger partial charge on any atom is 0.0453 e. The Hall–Kier alpha value is -0.540. The molecule has 1 atom stereocenters. The molecule has 4 heteroatoms. The Kier molecular flexibility index (Phi) is 6.12. The fourth-order valence-electron chi connectivity index (χ4n) is 2.48. The molecule has 0 spiro atoms. The van der Waals surface area contributed by atoms with E-state index in [1.807, 2.05) is 12.1 Å². The number of rotatable bonds is 5. The SMILES string of the molecule is CCNC(Cc1ccc(Cl)cc1Cl)c1ccc(Br)cc1C. The Balaban J connectivity index is 2.30. The topological polar surface area (TPSA) is 12.0 Å². The third kappa shape index (κ3) is 4.46. The Morgan fingerprint density at radius 3 is 2.52 bits per heavy atom. The molecule has 112 valence electrons. The highest BCUT2D eigenvalue weighted by Crippen LogP contribution is 2.28. The van der Waals surface area contributed by atoms with Gasteiger partial charge in [0.05, 0.1) is 0 Å². The molecular formula is C17H18BrCl2N. The van der Waals surface area contributed by atoms with Gasteiger partial charge in [0.2, 0.25) is 0 Å². The molecule has 0 amide bonds. The van der Waals surface area contributed by atoms with Crippen LogP contribution < -0.4 is 5.32 Å². The van der Waals surface area contributed by atoms with Crippen LogP contribution in [0, 0.1) is 6.92 Å². The van der Waals surface area contributed by atoms with Crippen molar-refractivity contribution in [2.24, 2.45) is 0 Å². The highest BCUT2D eigenvalue weighted by molar-refractivity contribution is 9.10. The summed E-state index contributed by atoms with van der Waals surface area (Å²) in [5.74, 6) is 0. The first-order valence-electron chi connectivity index (χ1n) is 6.94. The molecule has 0 saturated heterocycles. The van der Waals surface area contributed by atoms with Crippen LogP contribution in [0.5, 0.6) is 0 Å². The van der Waals surface area contributed by atoms with Crippen molar-refractivity contribution in [2.45, 2.75) is 26.3 Å². The molecule has 21 heavy (non-hydrogen) atoms. The van der Waals surface area contributed by atoms with E-state index in [2.05, 4.69) is 53.3 Å². The van der Waals surface area contributed by atoms with Crippen molar-refractivity contribution in [3.8, 4) is 0 Å². The summed E-state index contributed by atoms with van der Waals surface area (Å²) in [6.45, 7) is 5.16. The number of halogens is 3. The van der Waals surface area contributed by atoms with E-state index >= 15 is 0 Å². The molecule has 1 nitrogen and oxygen atoms in total. The lowest BCUT2D eigenvalue weighted by molar-refractivity contribution is 0.547. The summed E-state index contributed by atoms with van der Waals surface area (Å²) >= 11 is 15.8. The lowest BCUT2D eigenvalue weighted by Gasteiger charge is -2.21. The lowest BCUT2D eigenvalue weighted by Crippen LogP contribution is -2.23. The molecule has 0 bridgehead atoms. The molecule has 0 heterocycles. The fraction of sp³-hybridized carbons (Fsp3) is 0.294. The zero-order chi connectivity index (χ0) is 15.4. The van der Waals surface area contributed by atoms with E-state index in [0.29, 0.717) is 5.02 Å². The molecule has 0 aromatic heterocycles. The molecule has 1 unspecified atom stereocenters. The van der Waals surface area contributed by atoms with Crippen molar-refractivity contribution >= 4 is 39.1 Å². The predicted octanol–water partition coefficient (Wildman–Crippen LogP) is 5.96. The Bertz CT molecular complexity index is 628. The van der Waals surface area contributed by atoms with Crippen LogP contribution in [0.1, 0.15) is 29.7 Å². The van der Waals surface area contributed by atoms with Gasteiger partial charge in [-0.05, 0) is 60.8 Å². The van der Waals surface area contributed by atoms with Crippen LogP contribution in [-0.4, -0.2) is 6.54 Å². The van der Waals surface area contributed by atoms with E-state index in [4.69, 9.17) is 23.2 Å². The second kappa shape index (κ2) is 7.64. The van der Waals surface area contributed by atoms with Crippen molar-refractivity contribution in [1.29, 1.82) is 0 Å². The van der Waals surface area contributed by atoms with Gasteiger partial charge in [0, 0.05) is 20.6 Å². The van der Waals surface area contributed by atoms with Crippen LogP contribution in [-0.2, 0) is 6.42 Å². The Labute approximate surface area is 144 Å². The van der Waals surface area contributed by atoms with Crippen molar-refractivity contribution in [2.75, 3.05) is 6.54 Å². The highest BCUT2D eigenvalue weighted by Gasteiger charge is 2.15. The molecule has 2 aromatic rings. The summed E-state index contributed by atoms with van der Waals surface area (Å²) in [5.41, 5.74) is 3.67. The van der Waals surface area contributed by atoms with Crippen molar-refractivity contribution in [3.63, 3.8) is 0 Å². The summed E-state index contributed by atoms with van der Waals surface area (Å²) in [7, 11) is 0. The average molecular weight is 387 g/mol. The van der Waals surface area contributed by atoms with Gasteiger partial charge in [-0.3, -0.25) is 0 Å². The van der Waals surface area contributed by atoms with Crippen LogP contribution in [0.4, 0.5) is 0 Å². The molecule has 0 fully saturated rings. The number of hydrogen-bond acceptors (Lipinski definition) is 1. The van der Waals surface area contributed by atoms with Gasteiger partial charge in [-0.2, -0.15) is 0 Å². The van der Waals surface area contributed by atoms with Gasteiger partial charge < -0.3 is 5.32 Å². The van der Waals surface area contributed by atoms with Crippen LogP contribution >= 0.6 is 39.1 Å². The summed E-state index contributed by atoms with van der Waals surface area (Å²) < 4.78 is 1.10. The van der Waals surface area contributed by atoms with Gasteiger partial charge in [-0.1, -0.05) is 58.2 Å². The number of benzene rings is 2. The Morgan fingerprint density at radius 1 is 1.14 bits per heavy atom. The van der Waals surface area contributed by atoms with Crippen molar-refractivity contribution in [1.82, 2.24) is 5.32 Å². The first-order chi connectivity index (χ1) is 10.0. The second-order valence-electron chi connectivity index (χ2n) is 5.05. The first kappa shape index (κ1) is 16.8. The second-order valence-corrected chi connectivity index (χ2v) is 6.81. The molecule has 0 aliphatic rings. The standard InChI is InChI=1S/C17H18BrCl2N/c1-3-21-17(15-7-5-13(18)8-11(15)2)9-12-4-6-14(19)10-16(12)20/h4-8,10,17,21H,3,9H2,1-2H3. The van der Waals surface area contributed by atoms with Gasteiger partial charge in [0.1, 0.15) is 0 Å². The largest absolute Gasteiger partial charge is 0.310 e. The minimum absolute atomic E-state index is 0.238. The van der Waals surface area contributed by atoms with Crippen molar-refractivity contribution in [3.05, 3.63) is 67.6 Å². The molecule has 1 N–H and O–H groups in total.